The minimum absolute atomic E-state index is 0.576. The van der Waals surface area contributed by atoms with Crippen molar-refractivity contribution < 1.29 is 0 Å². The van der Waals surface area contributed by atoms with Crippen LogP contribution >= 0.6 is 15.9 Å². The Labute approximate surface area is 110 Å². The molecule has 0 saturated carbocycles. The van der Waals surface area contributed by atoms with Crippen LogP contribution in [0.1, 0.15) is 25.1 Å². The molecule has 1 aliphatic heterocycles. The van der Waals surface area contributed by atoms with E-state index < -0.39 is 0 Å². The van der Waals surface area contributed by atoms with Crippen molar-refractivity contribution >= 4 is 21.4 Å². The number of fused-ring (bicyclic) bond motifs is 1. The molecule has 2 aromatic rings. The van der Waals surface area contributed by atoms with Crippen molar-refractivity contribution in [1.29, 1.82) is 0 Å². The first kappa shape index (κ1) is 11.2. The lowest BCUT2D eigenvalue weighted by atomic mass is 10.1. The summed E-state index contributed by atoms with van der Waals surface area (Å²) in [4.78, 5) is 7.10. The second-order valence-electron chi connectivity index (χ2n) is 4.61. The Hall–Kier alpha value is -0.870. The molecule has 2 aromatic heterocycles. The molecule has 90 valence electrons. The van der Waals surface area contributed by atoms with Gasteiger partial charge in [-0.15, -0.1) is 0 Å². The minimum Gasteiger partial charge on any atom is -0.303 e. The molecule has 3 heterocycles. The lowest BCUT2D eigenvalue weighted by molar-refractivity contribution is 0.352. The Morgan fingerprint density at radius 3 is 3.18 bits per heavy atom. The number of halogens is 1. The normalized spacial score (nSPS) is 21.4. The summed E-state index contributed by atoms with van der Waals surface area (Å²) in [5, 5.41) is 0. The van der Waals surface area contributed by atoms with Crippen LogP contribution in [0.5, 0.6) is 0 Å². The van der Waals surface area contributed by atoms with Crippen LogP contribution in [-0.2, 0) is 0 Å². The largest absolute Gasteiger partial charge is 0.303 e. The number of hydrogen-bond donors (Lipinski definition) is 0. The molecule has 3 nitrogen and oxygen atoms in total. The number of rotatable bonds is 2. The topological polar surface area (TPSA) is 20.5 Å². The van der Waals surface area contributed by atoms with Crippen LogP contribution in [0.3, 0.4) is 0 Å². The molecule has 0 bridgehead atoms. The fraction of sp³-hybridized carbons (Fsp3) is 0.462. The molecular weight excluding hydrogens is 278 g/mol. The summed E-state index contributed by atoms with van der Waals surface area (Å²) in [7, 11) is 0. The monoisotopic (exact) mass is 293 g/mol. The Bertz CT molecular complexity index is 534. The number of likely N-dealkylation sites (tertiary alicyclic amines) is 1. The van der Waals surface area contributed by atoms with E-state index in [0.717, 1.165) is 23.1 Å². The fourth-order valence-electron chi connectivity index (χ4n) is 2.64. The van der Waals surface area contributed by atoms with Crippen LogP contribution in [-0.4, -0.2) is 33.9 Å². The van der Waals surface area contributed by atoms with Gasteiger partial charge in [0.15, 0.2) is 0 Å². The van der Waals surface area contributed by atoms with Gasteiger partial charge in [-0.2, -0.15) is 0 Å². The number of imidazole rings is 1. The molecule has 1 fully saturated rings. The van der Waals surface area contributed by atoms with Gasteiger partial charge in [-0.1, -0.05) is 6.92 Å². The highest BCUT2D eigenvalue weighted by atomic mass is 79.9. The maximum Gasteiger partial charge on any atom is 0.117 e. The molecule has 17 heavy (non-hydrogen) atoms. The van der Waals surface area contributed by atoms with Gasteiger partial charge in [0.1, 0.15) is 5.82 Å². The zero-order valence-electron chi connectivity index (χ0n) is 9.93. The van der Waals surface area contributed by atoms with Crippen molar-refractivity contribution in [2.45, 2.75) is 19.3 Å². The maximum absolute atomic E-state index is 4.61. The maximum atomic E-state index is 4.61. The van der Waals surface area contributed by atoms with Gasteiger partial charge in [0.25, 0.3) is 0 Å². The molecule has 0 radical (unpaired) electrons. The van der Waals surface area contributed by atoms with E-state index in [9.17, 15) is 0 Å². The van der Waals surface area contributed by atoms with E-state index >= 15 is 0 Å². The summed E-state index contributed by atoms with van der Waals surface area (Å²) in [5.41, 5.74) is 1.16. The average Bonchev–Trinajstić information content (AvgIpc) is 2.94. The van der Waals surface area contributed by atoms with Crippen molar-refractivity contribution in [3.8, 4) is 0 Å². The molecule has 0 amide bonds. The van der Waals surface area contributed by atoms with Crippen LogP contribution in [0.15, 0.2) is 29.0 Å². The summed E-state index contributed by atoms with van der Waals surface area (Å²) in [6.07, 6.45) is 5.30. The Balaban J connectivity index is 1.99. The second kappa shape index (κ2) is 4.42. The van der Waals surface area contributed by atoms with E-state index in [-0.39, 0.29) is 0 Å². The van der Waals surface area contributed by atoms with Gasteiger partial charge in [0.2, 0.25) is 0 Å². The van der Waals surface area contributed by atoms with Gasteiger partial charge in [-0.3, -0.25) is 0 Å². The Morgan fingerprint density at radius 2 is 2.41 bits per heavy atom. The van der Waals surface area contributed by atoms with Gasteiger partial charge < -0.3 is 9.30 Å². The lowest BCUT2D eigenvalue weighted by Gasteiger charge is -2.12. The highest BCUT2D eigenvalue weighted by molar-refractivity contribution is 9.10. The highest BCUT2D eigenvalue weighted by Crippen LogP contribution is 2.28. The van der Waals surface area contributed by atoms with E-state index in [2.05, 4.69) is 55.5 Å². The van der Waals surface area contributed by atoms with Crippen LogP contribution in [0.25, 0.3) is 5.52 Å². The standard InChI is InChI=1S/C13H16BrN3/c1-2-16-7-5-10(9-16)13-15-8-12-11(14)4-3-6-17(12)13/h3-4,6,8,10H,2,5,7,9H2,1H3. The van der Waals surface area contributed by atoms with Crippen molar-refractivity contribution in [2.75, 3.05) is 19.6 Å². The molecule has 1 aliphatic rings. The first-order valence-corrected chi connectivity index (χ1v) is 6.92. The van der Waals surface area contributed by atoms with E-state index in [1.165, 1.54) is 18.8 Å². The van der Waals surface area contributed by atoms with Crippen molar-refractivity contribution in [3.05, 3.63) is 34.8 Å². The van der Waals surface area contributed by atoms with Crippen LogP contribution < -0.4 is 0 Å². The predicted octanol–water partition coefficient (Wildman–Crippen LogP) is 2.91. The Morgan fingerprint density at radius 1 is 1.53 bits per heavy atom. The number of aromatic nitrogens is 2. The van der Waals surface area contributed by atoms with E-state index in [4.69, 9.17) is 0 Å². The summed E-state index contributed by atoms with van der Waals surface area (Å²) in [5.74, 6) is 1.78. The lowest BCUT2D eigenvalue weighted by Crippen LogP contribution is -2.19. The van der Waals surface area contributed by atoms with Crippen molar-refractivity contribution in [3.63, 3.8) is 0 Å². The van der Waals surface area contributed by atoms with E-state index in [0.29, 0.717) is 5.92 Å². The van der Waals surface area contributed by atoms with Gasteiger partial charge in [0.05, 0.1) is 11.7 Å². The first-order chi connectivity index (χ1) is 8.29. The smallest absolute Gasteiger partial charge is 0.117 e. The zero-order chi connectivity index (χ0) is 11.8. The molecule has 0 N–H and O–H groups in total. The molecule has 3 rings (SSSR count). The number of likely N-dealkylation sites (N-methyl/N-ethyl adjacent to an activating group) is 1. The van der Waals surface area contributed by atoms with Crippen molar-refractivity contribution in [1.82, 2.24) is 14.3 Å². The minimum atomic E-state index is 0.576. The quantitative estimate of drug-likeness (QED) is 0.849. The molecule has 4 heteroatoms. The molecule has 1 atom stereocenters. The average molecular weight is 294 g/mol. The van der Waals surface area contributed by atoms with Crippen LogP contribution in [0.4, 0.5) is 0 Å². The summed E-state index contributed by atoms with van der Waals surface area (Å²) < 4.78 is 3.33. The number of nitrogens with zero attached hydrogens (tertiary/aromatic N) is 3. The molecule has 0 spiro atoms. The summed E-state index contributed by atoms with van der Waals surface area (Å²) >= 11 is 3.57. The SMILES string of the molecule is CCN1CCC(c2ncc3c(Br)cccn23)C1. The molecule has 1 saturated heterocycles. The first-order valence-electron chi connectivity index (χ1n) is 6.13. The van der Waals surface area contributed by atoms with Crippen LogP contribution in [0.2, 0.25) is 0 Å². The molecular formula is C13H16BrN3. The van der Waals surface area contributed by atoms with E-state index in [1.807, 2.05) is 6.20 Å². The van der Waals surface area contributed by atoms with Gasteiger partial charge in [-0.25, -0.2) is 4.98 Å². The fourth-order valence-corrected chi connectivity index (χ4v) is 3.09. The predicted molar refractivity (Wildman–Crippen MR) is 72.4 cm³/mol. The summed E-state index contributed by atoms with van der Waals surface area (Å²) in [6.45, 7) is 5.71. The van der Waals surface area contributed by atoms with Crippen LogP contribution in [0, 0.1) is 0 Å². The zero-order valence-corrected chi connectivity index (χ0v) is 11.5. The van der Waals surface area contributed by atoms with Crippen molar-refractivity contribution in [2.24, 2.45) is 0 Å². The number of hydrogen-bond acceptors (Lipinski definition) is 2. The number of pyridine rings is 1. The van der Waals surface area contributed by atoms with E-state index in [1.54, 1.807) is 0 Å². The third-order valence-corrected chi connectivity index (χ3v) is 4.30. The third kappa shape index (κ3) is 1.89. The molecule has 0 aliphatic carbocycles. The van der Waals surface area contributed by atoms with Gasteiger partial charge in [-0.05, 0) is 47.6 Å². The van der Waals surface area contributed by atoms with Gasteiger partial charge in [0, 0.05) is 23.1 Å². The highest BCUT2D eigenvalue weighted by Gasteiger charge is 2.25. The van der Waals surface area contributed by atoms with Gasteiger partial charge >= 0.3 is 0 Å². The Kier molecular flexibility index (Phi) is 2.92. The summed E-state index contributed by atoms with van der Waals surface area (Å²) in [6, 6.07) is 4.13. The molecule has 1 unspecified atom stereocenters. The second-order valence-corrected chi connectivity index (χ2v) is 5.46. The molecule has 0 aromatic carbocycles. The third-order valence-electron chi connectivity index (χ3n) is 3.63.